The van der Waals surface area contributed by atoms with Gasteiger partial charge in [0.2, 0.25) is 0 Å². The van der Waals surface area contributed by atoms with Gasteiger partial charge >= 0.3 is 5.97 Å². The minimum Gasteiger partial charge on any atom is -0.481 e. The molecule has 0 saturated carbocycles. The maximum absolute atomic E-state index is 11.9. The number of halogens is 1. The van der Waals surface area contributed by atoms with Gasteiger partial charge in [0, 0.05) is 30.7 Å². The molecule has 6 nitrogen and oxygen atoms in total. The van der Waals surface area contributed by atoms with Crippen molar-refractivity contribution in [3.05, 3.63) is 53.1 Å². The van der Waals surface area contributed by atoms with Crippen LogP contribution in [0.4, 0.5) is 5.69 Å². The SMILES string of the molecule is CCCC[C@@H](C(=O)O)C1CN(C2=Nc3ccccc3Oc3ccc(Cl)cc32)CCN1. The van der Waals surface area contributed by atoms with Crippen LogP contribution < -0.4 is 10.1 Å². The molecule has 4 rings (SSSR count). The number of hydrogen-bond donors (Lipinski definition) is 2. The summed E-state index contributed by atoms with van der Waals surface area (Å²) in [6.07, 6.45) is 2.54. The van der Waals surface area contributed by atoms with Gasteiger partial charge in [-0.25, -0.2) is 4.99 Å². The number of carbonyl (C=O) groups is 1. The third kappa shape index (κ3) is 4.30. The van der Waals surface area contributed by atoms with Crippen LogP contribution in [-0.2, 0) is 4.79 Å². The maximum Gasteiger partial charge on any atom is 0.308 e. The molecule has 0 bridgehead atoms. The molecule has 0 aromatic heterocycles. The Morgan fingerprint density at radius 1 is 1.33 bits per heavy atom. The molecule has 0 radical (unpaired) electrons. The van der Waals surface area contributed by atoms with E-state index in [2.05, 4.69) is 17.1 Å². The highest BCUT2D eigenvalue weighted by Gasteiger charge is 2.34. The summed E-state index contributed by atoms with van der Waals surface area (Å²) in [5.41, 5.74) is 1.57. The number of nitrogens with zero attached hydrogens (tertiary/aromatic N) is 2. The topological polar surface area (TPSA) is 74.2 Å². The van der Waals surface area contributed by atoms with Crippen molar-refractivity contribution in [2.45, 2.75) is 32.2 Å². The number of carboxylic acids is 1. The van der Waals surface area contributed by atoms with Crippen molar-refractivity contribution in [2.24, 2.45) is 10.9 Å². The molecule has 2 atom stereocenters. The second kappa shape index (κ2) is 9.06. The third-order valence-electron chi connectivity index (χ3n) is 5.67. The summed E-state index contributed by atoms with van der Waals surface area (Å²) in [5.74, 6) is 0.973. The van der Waals surface area contributed by atoms with Crippen molar-refractivity contribution >= 4 is 29.1 Å². The highest BCUT2D eigenvalue weighted by Crippen LogP contribution is 2.39. The van der Waals surface area contributed by atoms with Gasteiger partial charge in [-0.15, -0.1) is 0 Å². The Labute approximate surface area is 181 Å². The monoisotopic (exact) mass is 427 g/mol. The Balaban J connectivity index is 1.70. The zero-order chi connectivity index (χ0) is 21.1. The fourth-order valence-electron chi connectivity index (χ4n) is 4.10. The van der Waals surface area contributed by atoms with Gasteiger partial charge in [-0.05, 0) is 36.8 Å². The van der Waals surface area contributed by atoms with E-state index in [9.17, 15) is 9.90 Å². The summed E-state index contributed by atoms with van der Waals surface area (Å²) in [7, 11) is 0. The van der Waals surface area contributed by atoms with Crippen LogP contribution >= 0.6 is 11.6 Å². The summed E-state index contributed by atoms with van der Waals surface area (Å²) in [6.45, 7) is 4.06. The predicted octanol–water partition coefficient (Wildman–Crippen LogP) is 4.69. The van der Waals surface area contributed by atoms with E-state index in [0.717, 1.165) is 36.5 Å². The number of piperazine rings is 1. The van der Waals surface area contributed by atoms with E-state index in [4.69, 9.17) is 21.3 Å². The molecule has 2 heterocycles. The van der Waals surface area contributed by atoms with Crippen molar-refractivity contribution in [3.8, 4) is 11.5 Å². The second-order valence-corrected chi connectivity index (χ2v) is 8.18. The van der Waals surface area contributed by atoms with Crippen LogP contribution in [-0.4, -0.2) is 47.5 Å². The minimum atomic E-state index is -0.747. The van der Waals surface area contributed by atoms with Crippen molar-refractivity contribution < 1.29 is 14.6 Å². The summed E-state index contributed by atoms with van der Waals surface area (Å²) in [5, 5.41) is 13.8. The first-order chi connectivity index (χ1) is 14.6. The number of ether oxygens (including phenoxy) is 1. The van der Waals surface area contributed by atoms with Gasteiger partial charge in [-0.2, -0.15) is 0 Å². The standard InChI is InChI=1S/C23H26ClN3O3/c1-2-3-6-16(23(28)29)19-14-27(12-11-25-19)22-17-13-15(24)9-10-20(17)30-21-8-5-4-7-18(21)26-22/h4-5,7-10,13,16,19,25H,2-3,6,11-12,14H2,1H3,(H,28,29)/t16-,19?/m1/s1. The molecule has 0 amide bonds. The lowest BCUT2D eigenvalue weighted by Gasteiger charge is -2.38. The molecule has 1 unspecified atom stereocenters. The fraction of sp³-hybridized carbons (Fsp3) is 0.391. The lowest BCUT2D eigenvalue weighted by molar-refractivity contribution is -0.143. The van der Waals surface area contributed by atoms with E-state index < -0.39 is 11.9 Å². The number of para-hydroxylation sites is 2. The van der Waals surface area contributed by atoms with Crippen molar-refractivity contribution in [2.75, 3.05) is 19.6 Å². The number of fused-ring (bicyclic) bond motifs is 2. The highest BCUT2D eigenvalue weighted by atomic mass is 35.5. The van der Waals surface area contributed by atoms with E-state index in [1.807, 2.05) is 36.4 Å². The molecular weight excluding hydrogens is 402 g/mol. The highest BCUT2D eigenvalue weighted by molar-refractivity contribution is 6.31. The van der Waals surface area contributed by atoms with Gasteiger partial charge in [0.25, 0.3) is 0 Å². The summed E-state index contributed by atoms with van der Waals surface area (Å²) >= 11 is 6.30. The second-order valence-electron chi connectivity index (χ2n) is 7.74. The maximum atomic E-state index is 11.9. The normalized spacial score (nSPS) is 19.1. The van der Waals surface area contributed by atoms with E-state index in [0.29, 0.717) is 36.0 Å². The first-order valence-corrected chi connectivity index (χ1v) is 10.8. The largest absolute Gasteiger partial charge is 0.481 e. The number of aliphatic carboxylic acids is 1. The van der Waals surface area contributed by atoms with Crippen LogP contribution in [0.3, 0.4) is 0 Å². The van der Waals surface area contributed by atoms with E-state index in [-0.39, 0.29) is 6.04 Å². The van der Waals surface area contributed by atoms with Gasteiger partial charge in [0.15, 0.2) is 5.75 Å². The molecule has 2 aromatic rings. The van der Waals surface area contributed by atoms with E-state index in [1.54, 1.807) is 6.07 Å². The number of amidine groups is 1. The first kappa shape index (κ1) is 20.7. The molecular formula is C23H26ClN3O3. The van der Waals surface area contributed by atoms with Gasteiger partial charge < -0.3 is 20.1 Å². The van der Waals surface area contributed by atoms with E-state index in [1.165, 1.54) is 0 Å². The average molecular weight is 428 g/mol. The number of carboxylic acid groups (broad SMARTS) is 1. The summed E-state index contributed by atoms with van der Waals surface area (Å²) in [6, 6.07) is 13.0. The molecule has 2 aromatic carbocycles. The Morgan fingerprint density at radius 2 is 2.17 bits per heavy atom. The average Bonchev–Trinajstić information content (AvgIpc) is 2.90. The number of benzene rings is 2. The molecule has 2 aliphatic rings. The van der Waals surface area contributed by atoms with Gasteiger partial charge in [-0.1, -0.05) is 43.5 Å². The lowest BCUT2D eigenvalue weighted by atomic mass is 9.92. The number of rotatable bonds is 5. The molecule has 1 fully saturated rings. The molecule has 1 saturated heterocycles. The summed E-state index contributed by atoms with van der Waals surface area (Å²) in [4.78, 5) is 19.0. The van der Waals surface area contributed by atoms with Crippen LogP contribution in [0.1, 0.15) is 31.7 Å². The van der Waals surface area contributed by atoms with Crippen molar-refractivity contribution in [1.29, 1.82) is 0 Å². The minimum absolute atomic E-state index is 0.146. The lowest BCUT2D eigenvalue weighted by Crippen LogP contribution is -2.56. The smallest absolute Gasteiger partial charge is 0.308 e. The number of nitrogens with one attached hydrogen (secondary N) is 1. The molecule has 0 spiro atoms. The van der Waals surface area contributed by atoms with Crippen LogP contribution in [0, 0.1) is 5.92 Å². The van der Waals surface area contributed by atoms with Crippen LogP contribution in [0.25, 0.3) is 0 Å². The Kier molecular flexibility index (Phi) is 6.25. The third-order valence-corrected chi connectivity index (χ3v) is 5.91. The van der Waals surface area contributed by atoms with Crippen LogP contribution in [0.5, 0.6) is 11.5 Å². The number of hydrogen-bond acceptors (Lipinski definition) is 5. The van der Waals surface area contributed by atoms with Crippen molar-refractivity contribution in [1.82, 2.24) is 10.2 Å². The Bertz CT molecular complexity index is 962. The quantitative estimate of drug-likeness (QED) is 0.724. The molecule has 7 heteroatoms. The Hall–Kier alpha value is -2.57. The number of aliphatic imine (C=N–C) groups is 1. The van der Waals surface area contributed by atoms with Gasteiger partial charge in [0.1, 0.15) is 17.3 Å². The van der Waals surface area contributed by atoms with E-state index >= 15 is 0 Å². The van der Waals surface area contributed by atoms with Crippen LogP contribution in [0.2, 0.25) is 5.02 Å². The zero-order valence-electron chi connectivity index (χ0n) is 17.0. The van der Waals surface area contributed by atoms with Gasteiger partial charge in [-0.3, -0.25) is 4.79 Å². The van der Waals surface area contributed by atoms with Gasteiger partial charge in [0.05, 0.1) is 11.5 Å². The first-order valence-electron chi connectivity index (χ1n) is 10.4. The van der Waals surface area contributed by atoms with Crippen molar-refractivity contribution in [3.63, 3.8) is 0 Å². The summed E-state index contributed by atoms with van der Waals surface area (Å²) < 4.78 is 6.13. The molecule has 0 aliphatic carbocycles. The fourth-order valence-corrected chi connectivity index (χ4v) is 4.27. The number of unbranched alkanes of at least 4 members (excludes halogenated alkanes) is 1. The van der Waals surface area contributed by atoms with Crippen LogP contribution in [0.15, 0.2) is 47.5 Å². The molecule has 158 valence electrons. The predicted molar refractivity (Wildman–Crippen MR) is 118 cm³/mol. The zero-order valence-corrected chi connectivity index (χ0v) is 17.7. The molecule has 30 heavy (non-hydrogen) atoms. The molecule has 2 aliphatic heterocycles. The molecule has 2 N–H and O–H groups in total. The Morgan fingerprint density at radius 3 is 2.97 bits per heavy atom.